The van der Waals surface area contributed by atoms with E-state index in [1.165, 1.54) is 12.1 Å². The Hall–Kier alpha value is -2.26. The van der Waals surface area contributed by atoms with Gasteiger partial charge in [0.25, 0.3) is 0 Å². The largest absolute Gasteiger partial charge is 0.331 e. The SMILES string of the molecule is CNCCCN1c2c(F)cccc2N(c2ccc(F)cc2F)S1(=O)=O. The average molecular weight is 371 g/mol. The molecule has 0 spiro atoms. The molecule has 9 heteroatoms. The fourth-order valence-electron chi connectivity index (χ4n) is 2.78. The molecule has 2 aromatic carbocycles. The van der Waals surface area contributed by atoms with Crippen LogP contribution in [0.2, 0.25) is 0 Å². The number of fused-ring (bicyclic) bond motifs is 1. The van der Waals surface area contributed by atoms with Crippen LogP contribution < -0.4 is 13.9 Å². The minimum Gasteiger partial charge on any atom is -0.320 e. The van der Waals surface area contributed by atoms with Crippen LogP contribution in [0.1, 0.15) is 6.42 Å². The second-order valence-corrected chi connectivity index (χ2v) is 7.21. The van der Waals surface area contributed by atoms with E-state index in [1.807, 2.05) is 0 Å². The van der Waals surface area contributed by atoms with Crippen LogP contribution in [0.25, 0.3) is 0 Å². The van der Waals surface area contributed by atoms with E-state index in [0.29, 0.717) is 23.3 Å². The van der Waals surface area contributed by atoms with Gasteiger partial charge in [0.2, 0.25) is 0 Å². The number of benzene rings is 2. The van der Waals surface area contributed by atoms with E-state index in [0.717, 1.165) is 22.5 Å². The van der Waals surface area contributed by atoms with Gasteiger partial charge in [0, 0.05) is 12.6 Å². The molecule has 134 valence electrons. The first kappa shape index (κ1) is 17.6. The molecule has 1 aliphatic heterocycles. The highest BCUT2D eigenvalue weighted by Gasteiger charge is 2.43. The Morgan fingerprint density at radius 3 is 2.48 bits per heavy atom. The fraction of sp³-hybridized carbons (Fsp3) is 0.250. The maximum Gasteiger partial charge on any atom is 0.331 e. The Bertz CT molecular complexity index is 905. The first-order valence-electron chi connectivity index (χ1n) is 7.59. The van der Waals surface area contributed by atoms with Crippen LogP contribution >= 0.6 is 0 Å². The molecule has 0 saturated heterocycles. The van der Waals surface area contributed by atoms with Gasteiger partial charge in [-0.05, 0) is 44.3 Å². The molecule has 0 aliphatic carbocycles. The molecule has 25 heavy (non-hydrogen) atoms. The number of hydrogen-bond acceptors (Lipinski definition) is 3. The highest BCUT2D eigenvalue weighted by Crippen LogP contribution is 2.47. The lowest BCUT2D eigenvalue weighted by Gasteiger charge is -2.22. The summed E-state index contributed by atoms with van der Waals surface area (Å²) in [5, 5.41) is 2.89. The van der Waals surface area contributed by atoms with Crippen molar-refractivity contribution in [3.05, 3.63) is 53.8 Å². The summed E-state index contributed by atoms with van der Waals surface area (Å²) in [4.78, 5) is 0. The van der Waals surface area contributed by atoms with Crippen molar-refractivity contribution in [3.63, 3.8) is 0 Å². The summed E-state index contributed by atoms with van der Waals surface area (Å²) in [6.07, 6.45) is 0.434. The molecule has 0 atom stereocenters. The van der Waals surface area contributed by atoms with Crippen molar-refractivity contribution in [2.45, 2.75) is 6.42 Å². The molecule has 3 rings (SSSR count). The molecule has 2 aromatic rings. The number of hydrogen-bond donors (Lipinski definition) is 1. The van der Waals surface area contributed by atoms with E-state index < -0.39 is 27.7 Å². The zero-order valence-electron chi connectivity index (χ0n) is 13.3. The number of rotatable bonds is 5. The van der Waals surface area contributed by atoms with Gasteiger partial charge in [0.15, 0.2) is 5.82 Å². The van der Waals surface area contributed by atoms with E-state index in [9.17, 15) is 21.6 Å². The molecule has 0 radical (unpaired) electrons. The van der Waals surface area contributed by atoms with Crippen molar-refractivity contribution >= 4 is 27.3 Å². The van der Waals surface area contributed by atoms with Gasteiger partial charge < -0.3 is 5.32 Å². The molecule has 5 nitrogen and oxygen atoms in total. The van der Waals surface area contributed by atoms with Crippen molar-refractivity contribution in [1.29, 1.82) is 0 Å². The second-order valence-electron chi connectivity index (χ2n) is 5.50. The summed E-state index contributed by atoms with van der Waals surface area (Å²) in [7, 11) is -2.53. The lowest BCUT2D eigenvalue weighted by molar-refractivity contribution is 0.577. The number of halogens is 3. The van der Waals surface area contributed by atoms with Crippen LogP contribution in [0, 0.1) is 17.5 Å². The van der Waals surface area contributed by atoms with E-state index in [1.54, 1.807) is 7.05 Å². The molecule has 1 N–H and O–H groups in total. The second kappa shape index (κ2) is 6.57. The molecule has 0 bridgehead atoms. The third-order valence-corrected chi connectivity index (χ3v) is 5.64. The predicted molar refractivity (Wildman–Crippen MR) is 89.7 cm³/mol. The average Bonchev–Trinajstić information content (AvgIpc) is 2.77. The Morgan fingerprint density at radius 1 is 1.04 bits per heavy atom. The monoisotopic (exact) mass is 371 g/mol. The van der Waals surface area contributed by atoms with E-state index in [2.05, 4.69) is 5.32 Å². The first-order chi connectivity index (χ1) is 11.9. The number of anilines is 3. The number of nitrogens with zero attached hydrogens (tertiary/aromatic N) is 2. The zero-order chi connectivity index (χ0) is 18.2. The third-order valence-electron chi connectivity index (χ3n) is 3.86. The van der Waals surface area contributed by atoms with Gasteiger partial charge in [-0.2, -0.15) is 8.42 Å². The standard InChI is InChI=1S/C16H16F3N3O2S/c1-20-8-3-9-21-16-12(18)4-2-5-15(16)22(25(21,23)24)14-7-6-11(17)10-13(14)19/h2,4-7,10,20H,3,8-9H2,1H3. The van der Waals surface area contributed by atoms with Gasteiger partial charge in [0.1, 0.15) is 17.3 Å². The van der Waals surface area contributed by atoms with Gasteiger partial charge in [-0.25, -0.2) is 21.8 Å². The summed E-state index contributed by atoms with van der Waals surface area (Å²) in [6, 6.07) is 6.44. The number of nitrogens with one attached hydrogen (secondary N) is 1. The van der Waals surface area contributed by atoms with E-state index in [-0.39, 0.29) is 23.6 Å². The maximum atomic E-state index is 14.3. The van der Waals surface area contributed by atoms with Gasteiger partial charge in [-0.1, -0.05) is 6.07 Å². The third kappa shape index (κ3) is 2.93. The van der Waals surface area contributed by atoms with Gasteiger partial charge in [-0.3, -0.25) is 0 Å². The molecular formula is C16H16F3N3O2S. The van der Waals surface area contributed by atoms with Crippen molar-refractivity contribution in [2.24, 2.45) is 0 Å². The summed E-state index contributed by atoms with van der Waals surface area (Å²) < 4.78 is 69.2. The topological polar surface area (TPSA) is 52.6 Å². The summed E-state index contributed by atoms with van der Waals surface area (Å²) >= 11 is 0. The smallest absolute Gasteiger partial charge is 0.320 e. The quantitative estimate of drug-likeness (QED) is 0.823. The fourth-order valence-corrected chi connectivity index (χ4v) is 4.54. The van der Waals surface area contributed by atoms with Crippen LogP contribution in [0.15, 0.2) is 36.4 Å². The summed E-state index contributed by atoms with van der Waals surface area (Å²) in [5.74, 6) is -2.60. The van der Waals surface area contributed by atoms with Crippen LogP contribution in [0.4, 0.5) is 30.2 Å². The minimum atomic E-state index is -4.24. The van der Waals surface area contributed by atoms with Gasteiger partial charge >= 0.3 is 10.2 Å². The Labute approximate surface area is 143 Å². The van der Waals surface area contributed by atoms with Crippen LogP contribution in [0.3, 0.4) is 0 Å². The number of para-hydroxylation sites is 1. The van der Waals surface area contributed by atoms with Gasteiger partial charge in [-0.15, -0.1) is 0 Å². The Morgan fingerprint density at radius 2 is 1.80 bits per heavy atom. The maximum absolute atomic E-state index is 14.3. The van der Waals surface area contributed by atoms with E-state index in [4.69, 9.17) is 0 Å². The molecule has 0 saturated carbocycles. The molecule has 0 fully saturated rings. The van der Waals surface area contributed by atoms with E-state index >= 15 is 0 Å². The summed E-state index contributed by atoms with van der Waals surface area (Å²) in [5.41, 5.74) is -0.498. The highest BCUT2D eigenvalue weighted by molar-refractivity contribution is 7.95. The Kier molecular flexibility index (Phi) is 4.61. The highest BCUT2D eigenvalue weighted by atomic mass is 32.2. The molecule has 0 amide bonds. The van der Waals surface area contributed by atoms with Crippen LogP contribution in [0.5, 0.6) is 0 Å². The van der Waals surface area contributed by atoms with Crippen molar-refractivity contribution in [1.82, 2.24) is 5.32 Å². The molecule has 0 unspecified atom stereocenters. The lowest BCUT2D eigenvalue weighted by atomic mass is 10.2. The molecule has 1 heterocycles. The summed E-state index contributed by atoms with van der Waals surface area (Å²) in [6.45, 7) is 0.553. The predicted octanol–water partition coefficient (Wildman–Crippen LogP) is 2.92. The molecule has 0 aromatic heterocycles. The van der Waals surface area contributed by atoms with Crippen molar-refractivity contribution in [2.75, 3.05) is 28.7 Å². The minimum absolute atomic E-state index is 0.00466. The normalized spacial score (nSPS) is 15.5. The zero-order valence-corrected chi connectivity index (χ0v) is 14.2. The van der Waals surface area contributed by atoms with Crippen molar-refractivity contribution < 1.29 is 21.6 Å². The lowest BCUT2D eigenvalue weighted by Crippen LogP contribution is -2.37. The van der Waals surface area contributed by atoms with Crippen molar-refractivity contribution in [3.8, 4) is 0 Å². The first-order valence-corrected chi connectivity index (χ1v) is 8.99. The Balaban J connectivity index is 2.15. The van der Waals surface area contributed by atoms with Crippen LogP contribution in [-0.2, 0) is 10.2 Å². The molecule has 1 aliphatic rings. The molecular weight excluding hydrogens is 355 g/mol. The van der Waals surface area contributed by atoms with Crippen LogP contribution in [-0.4, -0.2) is 28.6 Å². The van der Waals surface area contributed by atoms with Gasteiger partial charge in [0.05, 0.1) is 11.4 Å².